The molecule has 2 rings (SSSR count). The van der Waals surface area contributed by atoms with Gasteiger partial charge in [-0.1, -0.05) is 12.1 Å². The van der Waals surface area contributed by atoms with Crippen molar-refractivity contribution in [2.24, 2.45) is 0 Å². The fraction of sp³-hybridized carbons (Fsp3) is 0.429. The van der Waals surface area contributed by atoms with E-state index in [-0.39, 0.29) is 23.7 Å². The number of rotatable bonds is 4. The van der Waals surface area contributed by atoms with E-state index in [0.717, 1.165) is 18.4 Å². The number of carboxylic acids is 1. The molecular formula is C14H17NO4. The number of carboxylic acid groups (broad SMARTS) is 1. The summed E-state index contributed by atoms with van der Waals surface area (Å²) in [6, 6.07) is 6.53. The monoisotopic (exact) mass is 263 g/mol. The molecule has 1 amide bonds. The maximum absolute atomic E-state index is 11.8. The van der Waals surface area contributed by atoms with E-state index in [1.807, 2.05) is 6.92 Å². The van der Waals surface area contributed by atoms with E-state index in [0.29, 0.717) is 6.54 Å². The summed E-state index contributed by atoms with van der Waals surface area (Å²) in [6.07, 6.45) is 1.39. The van der Waals surface area contributed by atoms with Gasteiger partial charge in [0.2, 0.25) is 5.91 Å². The molecule has 19 heavy (non-hydrogen) atoms. The molecule has 0 saturated carbocycles. The number of nitrogens with one attached hydrogen (secondary N) is 1. The second-order valence-corrected chi connectivity index (χ2v) is 4.74. The average molecular weight is 263 g/mol. The number of benzene rings is 1. The minimum atomic E-state index is -0.971. The molecule has 1 aliphatic rings. The smallest absolute Gasteiger partial charge is 0.335 e. The summed E-state index contributed by atoms with van der Waals surface area (Å²) in [7, 11) is 0. The quantitative estimate of drug-likeness (QED) is 0.864. The Morgan fingerprint density at radius 3 is 2.84 bits per heavy atom. The van der Waals surface area contributed by atoms with Crippen LogP contribution in [0.3, 0.4) is 0 Å². The van der Waals surface area contributed by atoms with Crippen LogP contribution in [0.4, 0.5) is 0 Å². The number of ether oxygens (including phenoxy) is 1. The number of hydrogen-bond donors (Lipinski definition) is 2. The molecule has 1 aromatic carbocycles. The van der Waals surface area contributed by atoms with E-state index in [2.05, 4.69) is 5.32 Å². The largest absolute Gasteiger partial charge is 0.478 e. The summed E-state index contributed by atoms with van der Waals surface area (Å²) in [5.74, 6) is -1.11. The molecule has 0 radical (unpaired) electrons. The topological polar surface area (TPSA) is 75.6 Å². The zero-order valence-corrected chi connectivity index (χ0v) is 10.8. The average Bonchev–Trinajstić information content (AvgIpc) is 2.83. The number of amides is 1. The maximum Gasteiger partial charge on any atom is 0.335 e. The van der Waals surface area contributed by atoms with Crippen LogP contribution in [-0.4, -0.2) is 29.2 Å². The first kappa shape index (κ1) is 13.5. The second-order valence-electron chi connectivity index (χ2n) is 4.74. The minimum Gasteiger partial charge on any atom is -0.478 e. The number of carbonyl (C=O) groups is 2. The highest BCUT2D eigenvalue weighted by Crippen LogP contribution is 2.19. The van der Waals surface area contributed by atoms with Crippen LogP contribution in [0.25, 0.3) is 0 Å². The fourth-order valence-corrected chi connectivity index (χ4v) is 2.11. The van der Waals surface area contributed by atoms with Crippen LogP contribution in [0.1, 0.15) is 35.7 Å². The van der Waals surface area contributed by atoms with Gasteiger partial charge in [-0.15, -0.1) is 0 Å². The molecule has 1 saturated heterocycles. The molecule has 1 aliphatic heterocycles. The van der Waals surface area contributed by atoms with Gasteiger partial charge in [-0.3, -0.25) is 4.79 Å². The SMILES string of the molecule is C[C@H]1CC[C@@H](C(=O)NCc2cccc(C(=O)O)c2)O1. The van der Waals surface area contributed by atoms with Crippen molar-refractivity contribution >= 4 is 11.9 Å². The Morgan fingerprint density at radius 2 is 2.21 bits per heavy atom. The summed E-state index contributed by atoms with van der Waals surface area (Å²) < 4.78 is 5.47. The Morgan fingerprint density at radius 1 is 1.42 bits per heavy atom. The van der Waals surface area contributed by atoms with Gasteiger partial charge in [0, 0.05) is 6.54 Å². The standard InChI is InChI=1S/C14H17NO4/c1-9-5-6-12(19-9)13(16)15-8-10-3-2-4-11(7-10)14(17)18/h2-4,7,9,12H,5-6,8H2,1H3,(H,15,16)(H,17,18)/t9-,12-/m0/s1. The third-order valence-electron chi connectivity index (χ3n) is 3.17. The van der Waals surface area contributed by atoms with Gasteiger partial charge in [-0.25, -0.2) is 4.79 Å². The van der Waals surface area contributed by atoms with E-state index in [9.17, 15) is 9.59 Å². The van der Waals surface area contributed by atoms with Gasteiger partial charge in [0.15, 0.2) is 0 Å². The molecule has 2 N–H and O–H groups in total. The van der Waals surface area contributed by atoms with Crippen molar-refractivity contribution < 1.29 is 19.4 Å². The molecule has 0 aliphatic carbocycles. The molecule has 0 unspecified atom stereocenters. The lowest BCUT2D eigenvalue weighted by Gasteiger charge is -2.11. The predicted octanol–water partition coefficient (Wildman–Crippen LogP) is 1.57. The van der Waals surface area contributed by atoms with Crippen molar-refractivity contribution in [2.75, 3.05) is 0 Å². The molecule has 5 heteroatoms. The van der Waals surface area contributed by atoms with Crippen molar-refractivity contribution in [1.82, 2.24) is 5.32 Å². The molecular weight excluding hydrogens is 246 g/mol. The van der Waals surface area contributed by atoms with Crippen LogP contribution in [0, 0.1) is 0 Å². The lowest BCUT2D eigenvalue weighted by Crippen LogP contribution is -2.34. The van der Waals surface area contributed by atoms with Crippen LogP contribution in [0.15, 0.2) is 24.3 Å². The van der Waals surface area contributed by atoms with Crippen molar-refractivity contribution in [2.45, 2.75) is 38.5 Å². The molecule has 1 heterocycles. The maximum atomic E-state index is 11.8. The molecule has 102 valence electrons. The van der Waals surface area contributed by atoms with Crippen molar-refractivity contribution in [3.63, 3.8) is 0 Å². The van der Waals surface area contributed by atoms with Crippen LogP contribution >= 0.6 is 0 Å². The molecule has 0 aromatic heterocycles. The van der Waals surface area contributed by atoms with Gasteiger partial charge >= 0.3 is 5.97 Å². The van der Waals surface area contributed by atoms with E-state index < -0.39 is 5.97 Å². The summed E-state index contributed by atoms with van der Waals surface area (Å²) in [6.45, 7) is 2.26. The van der Waals surface area contributed by atoms with Gasteiger partial charge in [-0.05, 0) is 37.5 Å². The lowest BCUT2D eigenvalue weighted by atomic mass is 10.1. The summed E-state index contributed by atoms with van der Waals surface area (Å²) >= 11 is 0. The van der Waals surface area contributed by atoms with Crippen molar-refractivity contribution in [3.05, 3.63) is 35.4 Å². The van der Waals surface area contributed by atoms with Crippen LogP contribution < -0.4 is 5.32 Å². The number of aromatic carboxylic acids is 1. The van der Waals surface area contributed by atoms with E-state index in [1.165, 1.54) is 6.07 Å². The normalized spacial score (nSPS) is 22.2. The first-order valence-electron chi connectivity index (χ1n) is 6.31. The molecule has 2 atom stereocenters. The zero-order valence-electron chi connectivity index (χ0n) is 10.8. The third kappa shape index (κ3) is 3.54. The molecule has 0 bridgehead atoms. The Kier molecular flexibility index (Phi) is 4.16. The van der Waals surface area contributed by atoms with Gasteiger partial charge in [-0.2, -0.15) is 0 Å². The summed E-state index contributed by atoms with van der Waals surface area (Å²) in [4.78, 5) is 22.7. The molecule has 1 fully saturated rings. The molecule has 1 aromatic rings. The second kappa shape index (κ2) is 5.84. The highest BCUT2D eigenvalue weighted by molar-refractivity contribution is 5.87. The Hall–Kier alpha value is -1.88. The Bertz CT molecular complexity index is 486. The van der Waals surface area contributed by atoms with Crippen molar-refractivity contribution in [1.29, 1.82) is 0 Å². The Labute approximate surface area is 111 Å². The summed E-state index contributed by atoms with van der Waals surface area (Å²) in [5.41, 5.74) is 0.983. The number of hydrogen-bond acceptors (Lipinski definition) is 3. The van der Waals surface area contributed by atoms with Crippen LogP contribution in [0.2, 0.25) is 0 Å². The first-order chi connectivity index (χ1) is 9.06. The third-order valence-corrected chi connectivity index (χ3v) is 3.17. The first-order valence-corrected chi connectivity index (χ1v) is 6.31. The van der Waals surface area contributed by atoms with E-state index in [1.54, 1.807) is 18.2 Å². The highest BCUT2D eigenvalue weighted by Gasteiger charge is 2.27. The molecule has 5 nitrogen and oxygen atoms in total. The predicted molar refractivity (Wildman–Crippen MR) is 68.8 cm³/mol. The van der Waals surface area contributed by atoms with Gasteiger partial charge in [0.25, 0.3) is 0 Å². The van der Waals surface area contributed by atoms with E-state index >= 15 is 0 Å². The van der Waals surface area contributed by atoms with Gasteiger partial charge in [0.05, 0.1) is 11.7 Å². The van der Waals surface area contributed by atoms with E-state index in [4.69, 9.17) is 9.84 Å². The zero-order chi connectivity index (χ0) is 13.8. The van der Waals surface area contributed by atoms with Crippen LogP contribution in [-0.2, 0) is 16.1 Å². The summed E-state index contributed by atoms with van der Waals surface area (Å²) in [5, 5.41) is 11.7. The van der Waals surface area contributed by atoms with Gasteiger partial charge in [0.1, 0.15) is 6.10 Å². The van der Waals surface area contributed by atoms with Crippen LogP contribution in [0.5, 0.6) is 0 Å². The molecule has 0 spiro atoms. The fourth-order valence-electron chi connectivity index (χ4n) is 2.11. The highest BCUT2D eigenvalue weighted by atomic mass is 16.5. The van der Waals surface area contributed by atoms with Crippen molar-refractivity contribution in [3.8, 4) is 0 Å². The minimum absolute atomic E-state index is 0.131. The van der Waals surface area contributed by atoms with Gasteiger partial charge < -0.3 is 15.2 Å². The number of carbonyl (C=O) groups excluding carboxylic acids is 1. The lowest BCUT2D eigenvalue weighted by molar-refractivity contribution is -0.131. The Balaban J connectivity index is 1.90.